The standard InChI is InChI=1S/C21H22N2O5/c1-26-20(24)18(21(25)27-2)14-15-5-7-17(8-6-15)28-13-12-23-11-9-16-4-3-10-22-19(16)23/h3-11,18H,12-14H2,1-2H3. The predicted octanol–water partition coefficient (Wildman–Crippen LogP) is 2.62. The molecule has 0 spiro atoms. The van der Waals surface area contributed by atoms with Gasteiger partial charge >= 0.3 is 11.9 Å². The minimum absolute atomic E-state index is 0.209. The van der Waals surface area contributed by atoms with E-state index < -0.39 is 17.9 Å². The maximum absolute atomic E-state index is 11.8. The Hall–Kier alpha value is -3.35. The van der Waals surface area contributed by atoms with Crippen LogP contribution in [0, 0.1) is 5.92 Å². The SMILES string of the molecule is COC(=O)C(Cc1ccc(OCCn2ccc3cccnc32)cc1)C(=O)OC. The van der Waals surface area contributed by atoms with Crippen LogP contribution in [0.15, 0.2) is 54.9 Å². The summed E-state index contributed by atoms with van der Waals surface area (Å²) >= 11 is 0. The van der Waals surface area contributed by atoms with Gasteiger partial charge in [-0.1, -0.05) is 12.1 Å². The molecule has 0 bridgehead atoms. The zero-order valence-electron chi connectivity index (χ0n) is 15.8. The van der Waals surface area contributed by atoms with Crippen molar-refractivity contribution in [3.05, 3.63) is 60.4 Å². The topological polar surface area (TPSA) is 79.7 Å². The lowest BCUT2D eigenvalue weighted by molar-refractivity contribution is -0.158. The molecule has 1 aromatic carbocycles. The fourth-order valence-corrected chi connectivity index (χ4v) is 2.97. The Morgan fingerprint density at radius 2 is 1.75 bits per heavy atom. The summed E-state index contributed by atoms with van der Waals surface area (Å²) in [5, 5.41) is 1.10. The Labute approximate surface area is 162 Å². The number of carbonyl (C=O) groups is 2. The third-order valence-corrected chi connectivity index (χ3v) is 4.46. The molecule has 7 heteroatoms. The summed E-state index contributed by atoms with van der Waals surface area (Å²) in [6, 6.07) is 13.2. The summed E-state index contributed by atoms with van der Waals surface area (Å²) in [6.45, 7) is 1.17. The predicted molar refractivity (Wildman–Crippen MR) is 103 cm³/mol. The first-order valence-electron chi connectivity index (χ1n) is 8.89. The average Bonchev–Trinajstić information content (AvgIpc) is 3.15. The smallest absolute Gasteiger partial charge is 0.320 e. The van der Waals surface area contributed by atoms with E-state index in [4.69, 9.17) is 4.74 Å². The van der Waals surface area contributed by atoms with Gasteiger partial charge in [-0.3, -0.25) is 9.59 Å². The second-order valence-electron chi connectivity index (χ2n) is 6.22. The number of nitrogens with zero attached hydrogens (tertiary/aromatic N) is 2. The summed E-state index contributed by atoms with van der Waals surface area (Å²) in [5.74, 6) is -1.49. The van der Waals surface area contributed by atoms with Gasteiger partial charge in [0.1, 0.15) is 18.0 Å². The van der Waals surface area contributed by atoms with Crippen molar-refractivity contribution in [3.63, 3.8) is 0 Å². The first kappa shape index (κ1) is 19.4. The number of esters is 2. The zero-order valence-corrected chi connectivity index (χ0v) is 15.8. The van der Waals surface area contributed by atoms with Crippen molar-refractivity contribution in [1.29, 1.82) is 0 Å². The van der Waals surface area contributed by atoms with E-state index in [1.165, 1.54) is 14.2 Å². The Bertz CT molecular complexity index is 933. The number of ether oxygens (including phenoxy) is 3. The highest BCUT2D eigenvalue weighted by Gasteiger charge is 2.28. The van der Waals surface area contributed by atoms with Crippen molar-refractivity contribution >= 4 is 23.0 Å². The maximum atomic E-state index is 11.8. The van der Waals surface area contributed by atoms with Gasteiger partial charge in [-0.15, -0.1) is 0 Å². The monoisotopic (exact) mass is 382 g/mol. The number of benzene rings is 1. The van der Waals surface area contributed by atoms with Gasteiger partial charge in [-0.05, 0) is 42.3 Å². The molecule has 0 fully saturated rings. The fourth-order valence-electron chi connectivity index (χ4n) is 2.97. The van der Waals surface area contributed by atoms with Crippen molar-refractivity contribution in [2.75, 3.05) is 20.8 Å². The van der Waals surface area contributed by atoms with E-state index in [2.05, 4.69) is 14.5 Å². The van der Waals surface area contributed by atoms with Crippen LogP contribution in [0.3, 0.4) is 0 Å². The van der Waals surface area contributed by atoms with Gasteiger partial charge in [-0.25, -0.2) is 4.98 Å². The highest BCUT2D eigenvalue weighted by atomic mass is 16.5. The lowest BCUT2D eigenvalue weighted by Crippen LogP contribution is -2.28. The third kappa shape index (κ3) is 4.49. The van der Waals surface area contributed by atoms with Gasteiger partial charge in [0, 0.05) is 17.8 Å². The molecule has 28 heavy (non-hydrogen) atoms. The summed E-state index contributed by atoms with van der Waals surface area (Å²) in [6.07, 6.45) is 3.97. The Morgan fingerprint density at radius 1 is 1.04 bits per heavy atom. The van der Waals surface area contributed by atoms with E-state index in [9.17, 15) is 9.59 Å². The first-order valence-corrected chi connectivity index (χ1v) is 8.89. The Balaban J connectivity index is 1.56. The quantitative estimate of drug-likeness (QED) is 0.440. The van der Waals surface area contributed by atoms with Crippen LogP contribution in [0.2, 0.25) is 0 Å². The van der Waals surface area contributed by atoms with Crippen LogP contribution >= 0.6 is 0 Å². The van der Waals surface area contributed by atoms with E-state index in [0.29, 0.717) is 18.9 Å². The van der Waals surface area contributed by atoms with Gasteiger partial charge in [0.15, 0.2) is 5.92 Å². The molecule has 0 aliphatic rings. The highest BCUT2D eigenvalue weighted by molar-refractivity contribution is 5.95. The molecule has 0 saturated heterocycles. The molecule has 0 radical (unpaired) electrons. The molecule has 0 aliphatic carbocycles. The number of methoxy groups -OCH3 is 2. The highest BCUT2D eigenvalue weighted by Crippen LogP contribution is 2.17. The van der Waals surface area contributed by atoms with Crippen molar-refractivity contribution in [2.24, 2.45) is 5.92 Å². The number of hydrogen-bond acceptors (Lipinski definition) is 6. The third-order valence-electron chi connectivity index (χ3n) is 4.46. The van der Waals surface area contributed by atoms with Gasteiger partial charge < -0.3 is 18.8 Å². The van der Waals surface area contributed by atoms with Crippen molar-refractivity contribution in [2.45, 2.75) is 13.0 Å². The van der Waals surface area contributed by atoms with Crippen LogP contribution in [0.5, 0.6) is 5.75 Å². The molecule has 3 aromatic rings. The van der Waals surface area contributed by atoms with E-state index >= 15 is 0 Å². The molecule has 0 unspecified atom stereocenters. The van der Waals surface area contributed by atoms with Crippen molar-refractivity contribution in [1.82, 2.24) is 9.55 Å². The average molecular weight is 382 g/mol. The number of hydrogen-bond donors (Lipinski definition) is 0. The molecule has 2 heterocycles. The van der Waals surface area contributed by atoms with Gasteiger partial charge in [-0.2, -0.15) is 0 Å². The normalized spacial score (nSPS) is 10.8. The van der Waals surface area contributed by atoms with E-state index in [0.717, 1.165) is 16.6 Å². The zero-order chi connectivity index (χ0) is 19.9. The van der Waals surface area contributed by atoms with Gasteiger partial charge in [0.25, 0.3) is 0 Å². The molecule has 0 aliphatic heterocycles. The van der Waals surface area contributed by atoms with E-state index in [1.54, 1.807) is 6.20 Å². The fraction of sp³-hybridized carbons (Fsp3) is 0.286. The van der Waals surface area contributed by atoms with Crippen LogP contribution in [0.25, 0.3) is 11.0 Å². The summed E-state index contributed by atoms with van der Waals surface area (Å²) in [4.78, 5) is 27.9. The molecular weight excluding hydrogens is 360 g/mol. The molecule has 7 nitrogen and oxygen atoms in total. The number of rotatable bonds is 8. The lowest BCUT2D eigenvalue weighted by atomic mass is 9.99. The number of carbonyl (C=O) groups excluding carboxylic acids is 2. The minimum atomic E-state index is -0.976. The molecule has 0 atom stereocenters. The first-order chi connectivity index (χ1) is 13.6. The molecule has 0 N–H and O–H groups in total. The van der Waals surface area contributed by atoms with Crippen LogP contribution < -0.4 is 4.74 Å². The van der Waals surface area contributed by atoms with Gasteiger partial charge in [0.2, 0.25) is 0 Å². The van der Waals surface area contributed by atoms with Crippen molar-refractivity contribution in [3.8, 4) is 5.75 Å². The molecule has 0 amide bonds. The second kappa shape index (κ2) is 9.03. The van der Waals surface area contributed by atoms with Crippen LogP contribution in [0.4, 0.5) is 0 Å². The Morgan fingerprint density at radius 3 is 2.43 bits per heavy atom. The number of aromatic nitrogens is 2. The molecule has 2 aromatic heterocycles. The molecule has 3 rings (SSSR count). The van der Waals surface area contributed by atoms with Crippen LogP contribution in [0.1, 0.15) is 5.56 Å². The molecule has 0 saturated carbocycles. The molecule has 146 valence electrons. The van der Waals surface area contributed by atoms with Crippen LogP contribution in [-0.4, -0.2) is 42.3 Å². The van der Waals surface area contributed by atoms with E-state index in [1.807, 2.05) is 53.2 Å². The maximum Gasteiger partial charge on any atom is 0.320 e. The summed E-state index contributed by atoms with van der Waals surface area (Å²) in [5.41, 5.74) is 1.74. The summed E-state index contributed by atoms with van der Waals surface area (Å²) < 4.78 is 17.2. The largest absolute Gasteiger partial charge is 0.492 e. The number of fused-ring (bicyclic) bond motifs is 1. The van der Waals surface area contributed by atoms with Crippen molar-refractivity contribution < 1.29 is 23.8 Å². The minimum Gasteiger partial charge on any atom is -0.492 e. The lowest BCUT2D eigenvalue weighted by Gasteiger charge is -2.13. The van der Waals surface area contributed by atoms with E-state index in [-0.39, 0.29) is 6.42 Å². The van der Waals surface area contributed by atoms with Gasteiger partial charge in [0.05, 0.1) is 20.8 Å². The Kier molecular flexibility index (Phi) is 6.26. The van der Waals surface area contributed by atoms with Crippen LogP contribution in [-0.2, 0) is 32.0 Å². The second-order valence-corrected chi connectivity index (χ2v) is 6.22. The summed E-state index contributed by atoms with van der Waals surface area (Å²) in [7, 11) is 2.50. The molecular formula is C21H22N2O5. The number of pyridine rings is 1.